The second kappa shape index (κ2) is 6.93. The lowest BCUT2D eigenvalue weighted by Crippen LogP contribution is -2.42. The number of piperidine rings is 1. The SMILES string of the molecule is CC1CCN(C(=O)c2cncnc2)C[C@H]1c1cc(C(F)F)nc2ncnn12. The lowest BCUT2D eigenvalue weighted by atomic mass is 9.84. The topological polar surface area (TPSA) is 89.2 Å². The molecule has 1 saturated heterocycles. The number of amides is 1. The van der Waals surface area contributed by atoms with Gasteiger partial charge in [-0.1, -0.05) is 6.92 Å². The van der Waals surface area contributed by atoms with Crippen molar-refractivity contribution in [3.8, 4) is 0 Å². The van der Waals surface area contributed by atoms with Crippen LogP contribution in [0, 0.1) is 5.92 Å². The summed E-state index contributed by atoms with van der Waals surface area (Å²) in [5.74, 6) is -0.0289. The van der Waals surface area contributed by atoms with E-state index in [1.807, 2.05) is 6.92 Å². The van der Waals surface area contributed by atoms with Gasteiger partial charge in [0.2, 0.25) is 0 Å². The number of carbonyl (C=O) groups excluding carboxylic acids is 1. The van der Waals surface area contributed by atoms with E-state index in [1.165, 1.54) is 35.6 Å². The van der Waals surface area contributed by atoms with Crippen molar-refractivity contribution in [3.05, 3.63) is 48.1 Å². The van der Waals surface area contributed by atoms with Gasteiger partial charge in [-0.3, -0.25) is 4.79 Å². The Labute approximate surface area is 153 Å². The summed E-state index contributed by atoms with van der Waals surface area (Å²) >= 11 is 0. The number of carbonyl (C=O) groups is 1. The third kappa shape index (κ3) is 3.22. The van der Waals surface area contributed by atoms with Gasteiger partial charge in [-0.25, -0.2) is 28.2 Å². The summed E-state index contributed by atoms with van der Waals surface area (Å²) in [5.41, 5.74) is 0.652. The minimum absolute atomic E-state index is 0.134. The van der Waals surface area contributed by atoms with Gasteiger partial charge in [0, 0.05) is 31.4 Å². The Balaban J connectivity index is 1.69. The highest BCUT2D eigenvalue weighted by Gasteiger charge is 2.33. The van der Waals surface area contributed by atoms with E-state index < -0.39 is 6.43 Å². The third-order valence-electron chi connectivity index (χ3n) is 4.96. The summed E-state index contributed by atoms with van der Waals surface area (Å²) < 4.78 is 28.0. The van der Waals surface area contributed by atoms with Crippen LogP contribution in [0.3, 0.4) is 0 Å². The highest BCUT2D eigenvalue weighted by atomic mass is 19.3. The molecule has 0 saturated carbocycles. The molecule has 1 fully saturated rings. The van der Waals surface area contributed by atoms with Crippen LogP contribution in [-0.2, 0) is 0 Å². The Hall–Kier alpha value is -3.04. The van der Waals surface area contributed by atoms with Crippen LogP contribution in [0.2, 0.25) is 0 Å². The molecule has 0 bridgehead atoms. The first-order valence-corrected chi connectivity index (χ1v) is 8.57. The highest BCUT2D eigenvalue weighted by molar-refractivity contribution is 5.93. The molecule has 1 unspecified atom stereocenters. The summed E-state index contributed by atoms with van der Waals surface area (Å²) in [5, 5.41) is 4.13. The quantitative estimate of drug-likeness (QED) is 0.699. The average Bonchev–Trinajstić information content (AvgIpc) is 3.16. The van der Waals surface area contributed by atoms with E-state index in [-0.39, 0.29) is 29.2 Å². The summed E-state index contributed by atoms with van der Waals surface area (Å²) in [6.45, 7) is 3.01. The van der Waals surface area contributed by atoms with Crippen LogP contribution in [0.4, 0.5) is 8.78 Å². The van der Waals surface area contributed by atoms with Crippen molar-refractivity contribution in [3.63, 3.8) is 0 Å². The molecule has 3 aromatic rings. The van der Waals surface area contributed by atoms with E-state index in [1.54, 1.807) is 4.90 Å². The molecule has 4 rings (SSSR count). The second-order valence-electron chi connectivity index (χ2n) is 6.63. The Morgan fingerprint density at radius 3 is 2.78 bits per heavy atom. The number of likely N-dealkylation sites (tertiary alicyclic amines) is 1. The summed E-state index contributed by atoms with van der Waals surface area (Å²) in [6.07, 6.45) is 3.63. The Morgan fingerprint density at radius 2 is 2.04 bits per heavy atom. The number of alkyl halides is 2. The number of fused-ring (bicyclic) bond motifs is 1. The number of hydrogen-bond donors (Lipinski definition) is 0. The lowest BCUT2D eigenvalue weighted by molar-refractivity contribution is 0.0664. The predicted molar refractivity (Wildman–Crippen MR) is 90.2 cm³/mol. The lowest BCUT2D eigenvalue weighted by Gasteiger charge is -2.37. The zero-order valence-corrected chi connectivity index (χ0v) is 14.5. The summed E-state index contributed by atoms with van der Waals surface area (Å²) in [4.78, 5) is 30.0. The Kier molecular flexibility index (Phi) is 4.46. The van der Waals surface area contributed by atoms with E-state index in [0.717, 1.165) is 6.42 Å². The molecule has 8 nitrogen and oxygen atoms in total. The molecule has 27 heavy (non-hydrogen) atoms. The summed E-state index contributed by atoms with van der Waals surface area (Å²) in [7, 11) is 0. The van der Waals surface area contributed by atoms with Gasteiger partial charge in [0.15, 0.2) is 0 Å². The molecule has 2 atom stereocenters. The van der Waals surface area contributed by atoms with E-state index in [0.29, 0.717) is 24.3 Å². The van der Waals surface area contributed by atoms with Crippen molar-refractivity contribution in [1.82, 2.24) is 34.4 Å². The number of rotatable bonds is 3. The van der Waals surface area contributed by atoms with Crippen molar-refractivity contribution in [2.45, 2.75) is 25.7 Å². The van der Waals surface area contributed by atoms with Crippen molar-refractivity contribution in [2.75, 3.05) is 13.1 Å². The standard InChI is InChI=1S/C17H17F2N7O/c1-10-2-3-25(16(27)11-5-20-8-21-6-11)7-12(10)14-4-13(15(18)19)24-17-22-9-23-26(14)17/h4-6,8-10,12,15H,2-3,7H2,1H3/t10?,12-/m1/s1. The molecule has 1 amide bonds. The molecule has 0 aliphatic carbocycles. The van der Waals surface area contributed by atoms with Crippen LogP contribution >= 0.6 is 0 Å². The largest absolute Gasteiger partial charge is 0.338 e. The predicted octanol–water partition coefficient (Wildman–Crippen LogP) is 2.12. The van der Waals surface area contributed by atoms with Crippen LogP contribution in [0.5, 0.6) is 0 Å². The molecule has 0 N–H and O–H groups in total. The average molecular weight is 373 g/mol. The second-order valence-corrected chi connectivity index (χ2v) is 6.63. The smallest absolute Gasteiger partial charge is 0.280 e. The van der Waals surface area contributed by atoms with E-state index in [2.05, 4.69) is 25.0 Å². The van der Waals surface area contributed by atoms with Crippen LogP contribution in [-0.4, -0.2) is 53.4 Å². The molecule has 10 heteroatoms. The molecule has 140 valence electrons. The van der Waals surface area contributed by atoms with Crippen molar-refractivity contribution < 1.29 is 13.6 Å². The van der Waals surface area contributed by atoms with Crippen molar-refractivity contribution >= 4 is 11.7 Å². The number of hydrogen-bond acceptors (Lipinski definition) is 6. The first kappa shape index (κ1) is 17.4. The van der Waals surface area contributed by atoms with Gasteiger partial charge in [0.05, 0.1) is 11.3 Å². The highest BCUT2D eigenvalue weighted by Crippen LogP contribution is 2.34. The molecule has 1 aliphatic rings. The van der Waals surface area contributed by atoms with Crippen LogP contribution in [0.1, 0.15) is 47.4 Å². The van der Waals surface area contributed by atoms with Gasteiger partial charge in [-0.2, -0.15) is 10.1 Å². The molecule has 1 aliphatic heterocycles. The van der Waals surface area contributed by atoms with Gasteiger partial charge < -0.3 is 4.90 Å². The number of aromatic nitrogens is 6. The zero-order chi connectivity index (χ0) is 19.0. The van der Waals surface area contributed by atoms with Crippen LogP contribution in [0.25, 0.3) is 5.78 Å². The fourth-order valence-corrected chi connectivity index (χ4v) is 3.46. The van der Waals surface area contributed by atoms with Gasteiger partial charge in [0.25, 0.3) is 18.1 Å². The van der Waals surface area contributed by atoms with Crippen LogP contribution in [0.15, 0.2) is 31.1 Å². The first-order valence-electron chi connectivity index (χ1n) is 8.57. The zero-order valence-electron chi connectivity index (χ0n) is 14.5. The molecule has 3 aromatic heterocycles. The maximum absolute atomic E-state index is 13.3. The van der Waals surface area contributed by atoms with Gasteiger partial charge in [-0.15, -0.1) is 0 Å². The molecule has 0 aromatic carbocycles. The van der Waals surface area contributed by atoms with Crippen molar-refractivity contribution in [1.29, 1.82) is 0 Å². The number of halogens is 2. The molecule has 0 radical (unpaired) electrons. The van der Waals surface area contributed by atoms with Crippen molar-refractivity contribution in [2.24, 2.45) is 5.92 Å². The van der Waals surface area contributed by atoms with Crippen LogP contribution < -0.4 is 0 Å². The molecular formula is C17H17F2N7O. The van der Waals surface area contributed by atoms with Gasteiger partial charge in [-0.05, 0) is 18.4 Å². The minimum atomic E-state index is -2.71. The Bertz CT molecular complexity index is 962. The van der Waals surface area contributed by atoms with E-state index in [4.69, 9.17) is 0 Å². The third-order valence-corrected chi connectivity index (χ3v) is 4.96. The molecule has 0 spiro atoms. The fraction of sp³-hybridized carbons (Fsp3) is 0.412. The summed E-state index contributed by atoms with van der Waals surface area (Å²) in [6, 6.07) is 1.37. The maximum atomic E-state index is 13.3. The van der Waals surface area contributed by atoms with Gasteiger partial charge in [0.1, 0.15) is 18.3 Å². The number of nitrogens with zero attached hydrogens (tertiary/aromatic N) is 7. The maximum Gasteiger partial charge on any atom is 0.280 e. The monoisotopic (exact) mass is 373 g/mol. The fourth-order valence-electron chi connectivity index (χ4n) is 3.46. The minimum Gasteiger partial charge on any atom is -0.338 e. The normalized spacial score (nSPS) is 20.4. The molecule has 4 heterocycles. The van der Waals surface area contributed by atoms with E-state index >= 15 is 0 Å². The first-order chi connectivity index (χ1) is 13.0. The Morgan fingerprint density at radius 1 is 1.26 bits per heavy atom. The molecular weight excluding hydrogens is 356 g/mol. The van der Waals surface area contributed by atoms with E-state index in [9.17, 15) is 13.6 Å². The van der Waals surface area contributed by atoms with Gasteiger partial charge >= 0.3 is 0 Å².